The van der Waals surface area contributed by atoms with Gasteiger partial charge in [0.25, 0.3) is 5.91 Å². The number of halogens is 1. The number of amides is 1. The number of carbonyl (C=O) groups is 1. The van der Waals surface area contributed by atoms with Crippen molar-refractivity contribution in [2.45, 2.75) is 18.9 Å². The molecular formula is C9H9ClN2O2. The molecule has 0 aliphatic heterocycles. The van der Waals surface area contributed by atoms with Crippen LogP contribution in [0.1, 0.15) is 23.2 Å². The predicted molar refractivity (Wildman–Crippen MR) is 51.4 cm³/mol. The quantitative estimate of drug-likeness (QED) is 0.770. The van der Waals surface area contributed by atoms with E-state index in [0.717, 1.165) is 12.8 Å². The van der Waals surface area contributed by atoms with Crippen LogP contribution < -0.4 is 10.5 Å². The molecule has 1 aromatic heterocycles. The van der Waals surface area contributed by atoms with Gasteiger partial charge < -0.3 is 10.5 Å². The van der Waals surface area contributed by atoms with Crippen LogP contribution in [-0.4, -0.2) is 17.0 Å². The van der Waals surface area contributed by atoms with Crippen LogP contribution in [0.15, 0.2) is 12.3 Å². The van der Waals surface area contributed by atoms with E-state index >= 15 is 0 Å². The molecule has 74 valence electrons. The molecule has 1 fully saturated rings. The lowest BCUT2D eigenvalue weighted by Gasteiger charge is -2.05. The zero-order valence-electron chi connectivity index (χ0n) is 7.37. The summed E-state index contributed by atoms with van der Waals surface area (Å²) in [6.45, 7) is 0. The smallest absolute Gasteiger partial charge is 0.251 e. The first-order valence-corrected chi connectivity index (χ1v) is 4.66. The number of nitrogens with zero attached hydrogens (tertiary/aromatic N) is 1. The van der Waals surface area contributed by atoms with E-state index in [2.05, 4.69) is 4.98 Å². The minimum absolute atomic E-state index is 0.112. The first-order chi connectivity index (χ1) is 6.66. The molecule has 0 spiro atoms. The third kappa shape index (κ3) is 1.96. The number of carbonyl (C=O) groups excluding carboxylic acids is 1. The van der Waals surface area contributed by atoms with Crippen LogP contribution in [-0.2, 0) is 0 Å². The second-order valence-corrected chi connectivity index (χ2v) is 3.55. The maximum atomic E-state index is 10.9. The number of primary amides is 1. The van der Waals surface area contributed by atoms with Gasteiger partial charge in [-0.05, 0) is 18.9 Å². The maximum Gasteiger partial charge on any atom is 0.251 e. The number of ether oxygens (including phenoxy) is 1. The van der Waals surface area contributed by atoms with Crippen LogP contribution in [0.4, 0.5) is 0 Å². The molecule has 14 heavy (non-hydrogen) atoms. The first kappa shape index (κ1) is 9.27. The molecule has 4 nitrogen and oxygen atoms in total. The monoisotopic (exact) mass is 212 g/mol. The largest absolute Gasteiger partial charge is 0.489 e. The van der Waals surface area contributed by atoms with Gasteiger partial charge in [0.15, 0.2) is 0 Å². The van der Waals surface area contributed by atoms with Gasteiger partial charge in [-0.15, -0.1) is 0 Å². The molecule has 1 amide bonds. The van der Waals surface area contributed by atoms with Gasteiger partial charge in [0, 0.05) is 0 Å². The minimum atomic E-state index is -0.594. The van der Waals surface area contributed by atoms with E-state index in [4.69, 9.17) is 22.1 Å². The number of aromatic nitrogens is 1. The first-order valence-electron chi connectivity index (χ1n) is 4.29. The SMILES string of the molecule is NC(=O)c1cc(OC2CC2)cnc1Cl. The molecule has 1 aliphatic carbocycles. The van der Waals surface area contributed by atoms with E-state index in [1.54, 1.807) is 0 Å². The normalized spacial score (nSPS) is 15.2. The van der Waals surface area contributed by atoms with Crippen LogP contribution >= 0.6 is 11.6 Å². The minimum Gasteiger partial charge on any atom is -0.489 e. The average Bonchev–Trinajstić information content (AvgIpc) is 2.92. The van der Waals surface area contributed by atoms with Gasteiger partial charge in [0.05, 0.1) is 17.9 Å². The zero-order chi connectivity index (χ0) is 10.1. The van der Waals surface area contributed by atoms with Crippen molar-refractivity contribution < 1.29 is 9.53 Å². The van der Waals surface area contributed by atoms with Gasteiger partial charge >= 0.3 is 0 Å². The highest BCUT2D eigenvalue weighted by atomic mass is 35.5. The number of pyridine rings is 1. The van der Waals surface area contributed by atoms with E-state index in [1.807, 2.05) is 0 Å². The Morgan fingerprint density at radius 2 is 2.36 bits per heavy atom. The van der Waals surface area contributed by atoms with E-state index in [0.29, 0.717) is 5.75 Å². The summed E-state index contributed by atoms with van der Waals surface area (Å²) in [7, 11) is 0. The lowest BCUT2D eigenvalue weighted by molar-refractivity contribution is 0.0999. The second-order valence-electron chi connectivity index (χ2n) is 3.19. The van der Waals surface area contributed by atoms with Crippen LogP contribution in [0.2, 0.25) is 5.15 Å². The lowest BCUT2D eigenvalue weighted by atomic mass is 10.2. The Hall–Kier alpha value is -1.29. The maximum absolute atomic E-state index is 10.9. The van der Waals surface area contributed by atoms with E-state index in [1.165, 1.54) is 12.3 Å². The summed E-state index contributed by atoms with van der Waals surface area (Å²) in [6, 6.07) is 1.52. The van der Waals surface area contributed by atoms with Crippen LogP contribution in [0.25, 0.3) is 0 Å². The number of nitrogens with two attached hydrogens (primary N) is 1. The lowest BCUT2D eigenvalue weighted by Crippen LogP contribution is -2.12. The van der Waals surface area contributed by atoms with Crippen molar-refractivity contribution in [1.82, 2.24) is 4.98 Å². The molecule has 0 radical (unpaired) electrons. The number of hydrogen-bond acceptors (Lipinski definition) is 3. The van der Waals surface area contributed by atoms with E-state index in [9.17, 15) is 4.79 Å². The van der Waals surface area contributed by atoms with Gasteiger partial charge in [0.1, 0.15) is 10.9 Å². The number of hydrogen-bond donors (Lipinski definition) is 1. The van der Waals surface area contributed by atoms with Gasteiger partial charge in [-0.3, -0.25) is 4.79 Å². The zero-order valence-corrected chi connectivity index (χ0v) is 8.12. The molecular weight excluding hydrogens is 204 g/mol. The van der Waals surface area contributed by atoms with Crippen molar-refractivity contribution in [3.05, 3.63) is 23.0 Å². The highest BCUT2D eigenvalue weighted by molar-refractivity contribution is 6.32. The predicted octanol–water partition coefficient (Wildman–Crippen LogP) is 1.38. The summed E-state index contributed by atoms with van der Waals surface area (Å²) >= 11 is 5.68. The summed E-state index contributed by atoms with van der Waals surface area (Å²) in [5.74, 6) is -0.0468. The third-order valence-corrected chi connectivity index (χ3v) is 2.21. The van der Waals surface area contributed by atoms with Crippen molar-refractivity contribution in [2.24, 2.45) is 5.73 Å². The fourth-order valence-corrected chi connectivity index (χ4v) is 1.24. The van der Waals surface area contributed by atoms with Crippen molar-refractivity contribution in [1.29, 1.82) is 0 Å². The molecule has 0 aromatic carbocycles. The molecule has 1 saturated carbocycles. The Kier molecular flexibility index (Phi) is 2.29. The molecule has 5 heteroatoms. The second kappa shape index (κ2) is 3.46. The molecule has 0 saturated heterocycles. The number of rotatable bonds is 3. The molecule has 2 rings (SSSR count). The molecule has 0 unspecified atom stereocenters. The van der Waals surface area contributed by atoms with E-state index in [-0.39, 0.29) is 16.8 Å². The summed E-state index contributed by atoms with van der Waals surface area (Å²) < 4.78 is 5.44. The van der Waals surface area contributed by atoms with Gasteiger partial charge in [-0.25, -0.2) is 4.98 Å². The fraction of sp³-hybridized carbons (Fsp3) is 0.333. The topological polar surface area (TPSA) is 65.2 Å². The molecule has 1 aliphatic rings. The highest BCUT2D eigenvalue weighted by Gasteiger charge is 2.24. The van der Waals surface area contributed by atoms with Crippen molar-refractivity contribution in [3.63, 3.8) is 0 Å². The molecule has 1 aromatic rings. The van der Waals surface area contributed by atoms with Crippen molar-refractivity contribution in [2.75, 3.05) is 0 Å². The fourth-order valence-electron chi connectivity index (χ4n) is 1.04. The molecule has 2 N–H and O–H groups in total. The van der Waals surface area contributed by atoms with Crippen molar-refractivity contribution >= 4 is 17.5 Å². The Morgan fingerprint density at radius 3 is 2.93 bits per heavy atom. The van der Waals surface area contributed by atoms with Crippen LogP contribution in [0.5, 0.6) is 5.75 Å². The summed E-state index contributed by atoms with van der Waals surface area (Å²) in [4.78, 5) is 14.7. The Balaban J connectivity index is 2.24. The standard InChI is InChI=1S/C9H9ClN2O2/c10-8-7(9(11)13)3-6(4-12-8)14-5-1-2-5/h3-5H,1-2H2,(H2,11,13). The van der Waals surface area contributed by atoms with Crippen LogP contribution in [0, 0.1) is 0 Å². The molecule has 0 bridgehead atoms. The summed E-state index contributed by atoms with van der Waals surface area (Å²) in [5.41, 5.74) is 5.31. The molecule has 0 atom stereocenters. The third-order valence-electron chi connectivity index (χ3n) is 1.91. The van der Waals surface area contributed by atoms with Gasteiger partial charge in [-0.1, -0.05) is 11.6 Å². The van der Waals surface area contributed by atoms with Crippen molar-refractivity contribution in [3.8, 4) is 5.75 Å². The summed E-state index contributed by atoms with van der Waals surface area (Å²) in [5, 5.41) is 0.112. The van der Waals surface area contributed by atoms with Gasteiger partial charge in [-0.2, -0.15) is 0 Å². The van der Waals surface area contributed by atoms with Gasteiger partial charge in [0.2, 0.25) is 0 Å². The Bertz CT molecular complexity index is 377. The summed E-state index contributed by atoms with van der Waals surface area (Å²) in [6.07, 6.45) is 3.86. The highest BCUT2D eigenvalue weighted by Crippen LogP contribution is 2.27. The Labute approximate surface area is 86.0 Å². The van der Waals surface area contributed by atoms with Crippen LogP contribution in [0.3, 0.4) is 0 Å². The average molecular weight is 213 g/mol. The Morgan fingerprint density at radius 1 is 1.64 bits per heavy atom. The molecule has 1 heterocycles. The van der Waals surface area contributed by atoms with E-state index < -0.39 is 5.91 Å².